The standard InChI is InChI=1S/C62H40N2/c1-4-12-41(13-5-1)44-19-25-47(26-20-44)55-38-56(48-27-21-45(22-28-48)42-14-6-2-7-15-42)52-34-35-54-58(50-31-36-60(64-40-50)59-18-10-11-37-63-59)39-57(53-33-32-51(55)61(52)62(53)54)49-29-23-46(24-30-49)43-16-8-3-9-17-43/h1-40H. The van der Waals surface area contributed by atoms with E-state index in [1.807, 2.05) is 30.6 Å². The lowest BCUT2D eigenvalue weighted by Crippen LogP contribution is -1.95. The minimum absolute atomic E-state index is 0.852. The van der Waals surface area contributed by atoms with E-state index in [1.165, 1.54) is 99.1 Å². The Morgan fingerprint density at radius 1 is 0.219 bits per heavy atom. The van der Waals surface area contributed by atoms with E-state index in [4.69, 9.17) is 4.98 Å². The van der Waals surface area contributed by atoms with Crippen LogP contribution in [0.15, 0.2) is 243 Å². The van der Waals surface area contributed by atoms with Crippen LogP contribution in [0, 0.1) is 0 Å². The van der Waals surface area contributed by atoms with Crippen molar-refractivity contribution in [2.45, 2.75) is 0 Å². The highest BCUT2D eigenvalue weighted by Gasteiger charge is 2.21. The van der Waals surface area contributed by atoms with Crippen LogP contribution in [0.4, 0.5) is 0 Å². The number of benzene rings is 10. The lowest BCUT2D eigenvalue weighted by atomic mass is 9.82. The number of nitrogens with zero attached hydrogens (tertiary/aromatic N) is 2. The van der Waals surface area contributed by atoms with Crippen molar-refractivity contribution in [3.63, 3.8) is 0 Å². The van der Waals surface area contributed by atoms with Gasteiger partial charge in [0.15, 0.2) is 0 Å². The molecule has 2 nitrogen and oxygen atoms in total. The van der Waals surface area contributed by atoms with Crippen LogP contribution in [-0.2, 0) is 0 Å². The van der Waals surface area contributed by atoms with Crippen LogP contribution in [0.3, 0.4) is 0 Å². The fourth-order valence-electron chi connectivity index (χ4n) is 9.59. The number of hydrogen-bond donors (Lipinski definition) is 0. The highest BCUT2D eigenvalue weighted by atomic mass is 14.8. The Balaban J connectivity index is 1.12. The van der Waals surface area contributed by atoms with E-state index in [2.05, 4.69) is 217 Å². The Hall–Kier alpha value is -8.46. The van der Waals surface area contributed by atoms with Crippen LogP contribution in [0.5, 0.6) is 0 Å². The van der Waals surface area contributed by atoms with E-state index in [-0.39, 0.29) is 0 Å². The number of rotatable bonds is 8. The van der Waals surface area contributed by atoms with Gasteiger partial charge in [0.1, 0.15) is 0 Å². The Morgan fingerprint density at radius 2 is 0.531 bits per heavy atom. The lowest BCUT2D eigenvalue weighted by Gasteiger charge is -2.22. The molecule has 2 aromatic heterocycles. The third-order valence-electron chi connectivity index (χ3n) is 12.8. The molecule has 64 heavy (non-hydrogen) atoms. The molecule has 0 unspecified atom stereocenters. The highest BCUT2D eigenvalue weighted by molar-refractivity contribution is 6.32. The summed E-state index contributed by atoms with van der Waals surface area (Å²) in [6.45, 7) is 0. The molecule has 0 radical (unpaired) electrons. The van der Waals surface area contributed by atoms with Gasteiger partial charge >= 0.3 is 0 Å². The molecule has 10 aromatic carbocycles. The molecule has 0 saturated heterocycles. The molecule has 0 aliphatic rings. The maximum absolute atomic E-state index is 4.98. The molecule has 0 N–H and O–H groups in total. The van der Waals surface area contributed by atoms with Crippen molar-refractivity contribution < 1.29 is 0 Å². The van der Waals surface area contributed by atoms with E-state index >= 15 is 0 Å². The summed E-state index contributed by atoms with van der Waals surface area (Å²) in [5.41, 5.74) is 18.3. The van der Waals surface area contributed by atoms with Gasteiger partial charge in [-0.25, -0.2) is 0 Å². The van der Waals surface area contributed by atoms with Crippen LogP contribution in [0.1, 0.15) is 0 Å². The fourth-order valence-corrected chi connectivity index (χ4v) is 9.59. The molecule has 0 saturated carbocycles. The van der Waals surface area contributed by atoms with E-state index in [0.717, 1.165) is 22.5 Å². The first-order chi connectivity index (χ1) is 31.7. The van der Waals surface area contributed by atoms with Crippen molar-refractivity contribution in [1.82, 2.24) is 9.97 Å². The summed E-state index contributed by atoms with van der Waals surface area (Å²) in [6.07, 6.45) is 3.83. The molecule has 0 bridgehead atoms. The zero-order valence-corrected chi connectivity index (χ0v) is 35.0. The van der Waals surface area contributed by atoms with Crippen LogP contribution < -0.4 is 0 Å². The largest absolute Gasteiger partial charge is 0.255 e. The third kappa shape index (κ3) is 6.61. The molecule has 2 heteroatoms. The molecule has 0 fully saturated rings. The second kappa shape index (κ2) is 15.8. The van der Waals surface area contributed by atoms with Crippen molar-refractivity contribution >= 4 is 32.3 Å². The smallest absolute Gasteiger partial charge is 0.0886 e. The number of aromatic nitrogens is 2. The molecular weight excluding hydrogens is 773 g/mol. The van der Waals surface area contributed by atoms with Gasteiger partial charge in [0.05, 0.1) is 11.4 Å². The van der Waals surface area contributed by atoms with Crippen molar-refractivity contribution in [1.29, 1.82) is 0 Å². The Kier molecular flexibility index (Phi) is 9.20. The van der Waals surface area contributed by atoms with E-state index in [0.29, 0.717) is 0 Å². The van der Waals surface area contributed by atoms with Gasteiger partial charge in [0, 0.05) is 18.0 Å². The van der Waals surface area contributed by atoms with Crippen molar-refractivity contribution in [3.8, 4) is 89.3 Å². The van der Waals surface area contributed by atoms with E-state index in [1.54, 1.807) is 0 Å². The van der Waals surface area contributed by atoms with Crippen molar-refractivity contribution in [2.24, 2.45) is 0 Å². The van der Waals surface area contributed by atoms with Gasteiger partial charge in [-0.2, -0.15) is 0 Å². The molecule has 0 aliphatic heterocycles. The van der Waals surface area contributed by atoms with Crippen LogP contribution in [-0.4, -0.2) is 9.97 Å². The fraction of sp³-hybridized carbons (Fsp3) is 0. The first kappa shape index (κ1) is 37.3. The summed E-state index contributed by atoms with van der Waals surface area (Å²) < 4.78 is 0. The van der Waals surface area contributed by atoms with Crippen LogP contribution in [0.25, 0.3) is 122 Å². The molecular formula is C62H40N2. The van der Waals surface area contributed by atoms with Crippen LogP contribution >= 0.6 is 0 Å². The quantitative estimate of drug-likeness (QED) is 0.143. The summed E-state index contributed by atoms with van der Waals surface area (Å²) >= 11 is 0. The lowest BCUT2D eigenvalue weighted by molar-refractivity contribution is 1.25. The average Bonchev–Trinajstić information content (AvgIpc) is 3.39. The first-order valence-electron chi connectivity index (χ1n) is 21.9. The van der Waals surface area contributed by atoms with Gasteiger partial charge in [0.2, 0.25) is 0 Å². The molecule has 2 heterocycles. The zero-order valence-electron chi connectivity index (χ0n) is 35.0. The summed E-state index contributed by atoms with van der Waals surface area (Å²) in [5.74, 6) is 0. The number of hydrogen-bond acceptors (Lipinski definition) is 2. The molecule has 0 amide bonds. The molecule has 12 aromatic rings. The van der Waals surface area contributed by atoms with Gasteiger partial charge in [-0.15, -0.1) is 0 Å². The van der Waals surface area contributed by atoms with Gasteiger partial charge < -0.3 is 0 Å². The molecule has 0 spiro atoms. The second-order valence-corrected chi connectivity index (χ2v) is 16.5. The molecule has 298 valence electrons. The maximum Gasteiger partial charge on any atom is 0.0886 e. The van der Waals surface area contributed by atoms with Crippen molar-refractivity contribution in [3.05, 3.63) is 243 Å². The average molecular weight is 813 g/mol. The summed E-state index contributed by atoms with van der Waals surface area (Å²) in [4.78, 5) is 9.57. The van der Waals surface area contributed by atoms with Gasteiger partial charge in [0.25, 0.3) is 0 Å². The highest BCUT2D eigenvalue weighted by Crippen LogP contribution is 2.49. The van der Waals surface area contributed by atoms with Crippen molar-refractivity contribution in [2.75, 3.05) is 0 Å². The second-order valence-electron chi connectivity index (χ2n) is 16.5. The molecule has 0 aliphatic carbocycles. The Bertz CT molecular complexity index is 3090. The van der Waals surface area contributed by atoms with Gasteiger partial charge in [-0.05, 0) is 135 Å². The minimum Gasteiger partial charge on any atom is -0.255 e. The summed E-state index contributed by atoms with van der Waals surface area (Å²) in [5, 5.41) is 7.42. The predicted molar refractivity (Wildman–Crippen MR) is 269 cm³/mol. The number of pyridine rings is 2. The normalized spacial score (nSPS) is 11.4. The monoisotopic (exact) mass is 812 g/mol. The first-order valence-corrected chi connectivity index (χ1v) is 21.9. The predicted octanol–water partition coefficient (Wildman–Crippen LogP) is 16.7. The SMILES string of the molecule is c1ccc(-c2ccc(-c3cc(-c4ccc(-c5ccccc5)cc4)c4ccc5c(-c6ccc(-c7ccccn7)nc6)cc(-c6ccc(-c7ccccc7)cc6)c6ccc3c4c65)cc2)cc1. The third-order valence-corrected chi connectivity index (χ3v) is 12.8. The Morgan fingerprint density at radius 3 is 0.875 bits per heavy atom. The van der Waals surface area contributed by atoms with Gasteiger partial charge in [-0.3, -0.25) is 9.97 Å². The molecule has 0 atom stereocenters. The summed E-state index contributed by atoms with van der Waals surface area (Å²) in [6, 6.07) is 83.5. The molecule has 12 rings (SSSR count). The maximum atomic E-state index is 4.98. The topological polar surface area (TPSA) is 25.8 Å². The Labute approximate surface area is 372 Å². The summed E-state index contributed by atoms with van der Waals surface area (Å²) in [7, 11) is 0. The van der Waals surface area contributed by atoms with Gasteiger partial charge in [-0.1, -0.05) is 200 Å². The van der Waals surface area contributed by atoms with Crippen LogP contribution in [0.2, 0.25) is 0 Å². The zero-order chi connectivity index (χ0) is 42.4. The minimum atomic E-state index is 0.852. The van der Waals surface area contributed by atoms with E-state index < -0.39 is 0 Å². The van der Waals surface area contributed by atoms with E-state index in [9.17, 15) is 0 Å².